The van der Waals surface area contributed by atoms with Gasteiger partial charge in [0.2, 0.25) is 11.8 Å². The van der Waals surface area contributed by atoms with E-state index in [0.29, 0.717) is 25.9 Å². The fourth-order valence-electron chi connectivity index (χ4n) is 4.42. The zero-order chi connectivity index (χ0) is 29.8. The number of hydrogen-bond acceptors (Lipinski definition) is 10. The molecule has 0 radical (unpaired) electrons. The molecule has 41 heavy (non-hydrogen) atoms. The van der Waals surface area contributed by atoms with Crippen LogP contribution in [0.15, 0.2) is 0 Å². The van der Waals surface area contributed by atoms with Crippen LogP contribution in [0, 0.1) is 10.8 Å². The summed E-state index contributed by atoms with van der Waals surface area (Å²) in [6.45, 7) is 11.8. The number of nitrogens with two attached hydrogens (primary N) is 1. The van der Waals surface area contributed by atoms with Crippen LogP contribution in [0.4, 0.5) is 9.59 Å². The number of rotatable bonds is 4. The Labute approximate surface area is 263 Å². The van der Waals surface area contributed by atoms with E-state index in [9.17, 15) is 28.8 Å². The van der Waals surface area contributed by atoms with Gasteiger partial charge >= 0.3 is 53.7 Å². The molecule has 228 valence electrons. The Balaban J connectivity index is 0.000000750. The van der Waals surface area contributed by atoms with E-state index in [2.05, 4.69) is 10.1 Å². The number of ether oxygens (including phenoxy) is 4. The largest absolute Gasteiger partial charge is 1.00 e. The number of carbonyl (C=O) groups is 6. The summed E-state index contributed by atoms with van der Waals surface area (Å²) in [6, 6.07) is 0. The molecule has 4 amide bonds. The zero-order valence-electron chi connectivity index (χ0n) is 25.7. The number of carbonyl (C=O) groups excluding carboxylic acids is 6. The van der Waals surface area contributed by atoms with Gasteiger partial charge in [-0.3, -0.25) is 24.5 Å². The van der Waals surface area contributed by atoms with Crippen LogP contribution in [-0.2, 0) is 38.1 Å². The predicted molar refractivity (Wildman–Crippen MR) is 141 cm³/mol. The van der Waals surface area contributed by atoms with Crippen molar-refractivity contribution in [2.24, 2.45) is 10.8 Å². The van der Waals surface area contributed by atoms with E-state index < -0.39 is 46.2 Å². The standard InChI is InChI=1S/C14H23NO6.C12H18N2O4.H2N.Na/c1-13(2,3)21-12(18)15-8-14(9-15,11(17)20-5)7-6-10(16)19-4;1-11(2,3)18-10(17)14-6-12(7-14)5-4-8(15)13-9(12)16;;/h6-9H2,1-5H3;4-7H2,1-3H3,(H,13,15,16);1H2;/q;;-1;+1. The molecular weight excluding hydrogens is 551 g/mol. The first-order chi connectivity index (χ1) is 17.8. The van der Waals surface area contributed by atoms with Crippen LogP contribution in [-0.4, -0.2) is 97.3 Å². The Morgan fingerprint density at radius 1 is 0.829 bits per heavy atom. The summed E-state index contributed by atoms with van der Waals surface area (Å²) >= 11 is 0. The minimum atomic E-state index is -0.847. The first-order valence-electron chi connectivity index (χ1n) is 12.8. The summed E-state index contributed by atoms with van der Waals surface area (Å²) in [5, 5.41) is 2.32. The Bertz CT molecular complexity index is 993. The molecule has 3 rings (SSSR count). The van der Waals surface area contributed by atoms with Crippen molar-refractivity contribution in [1.82, 2.24) is 15.1 Å². The fraction of sp³-hybridized carbons (Fsp3) is 0.769. The monoisotopic (exact) mass is 594 g/mol. The van der Waals surface area contributed by atoms with Gasteiger partial charge in [0.05, 0.1) is 19.6 Å². The summed E-state index contributed by atoms with van der Waals surface area (Å²) in [7, 11) is 2.58. The normalized spacial score (nSPS) is 18.4. The summed E-state index contributed by atoms with van der Waals surface area (Å²) in [4.78, 5) is 72.5. The van der Waals surface area contributed by atoms with E-state index >= 15 is 0 Å². The zero-order valence-corrected chi connectivity index (χ0v) is 27.7. The summed E-state index contributed by atoms with van der Waals surface area (Å²) in [5.41, 5.74) is -2.55. The maximum absolute atomic E-state index is 11.9. The van der Waals surface area contributed by atoms with Gasteiger partial charge in [-0.15, -0.1) is 0 Å². The number of methoxy groups -OCH3 is 2. The van der Waals surface area contributed by atoms with Crippen LogP contribution in [0.3, 0.4) is 0 Å². The van der Waals surface area contributed by atoms with Gasteiger partial charge in [-0.1, -0.05) is 0 Å². The smallest absolute Gasteiger partial charge is 0.693 e. The van der Waals surface area contributed by atoms with E-state index in [1.165, 1.54) is 24.0 Å². The van der Waals surface area contributed by atoms with Gasteiger partial charge in [-0.05, 0) is 54.4 Å². The second-order valence-corrected chi connectivity index (χ2v) is 12.2. The Kier molecular flexibility index (Phi) is 13.8. The van der Waals surface area contributed by atoms with Crippen LogP contribution >= 0.6 is 0 Å². The van der Waals surface area contributed by atoms with E-state index in [-0.39, 0.29) is 73.5 Å². The van der Waals surface area contributed by atoms with Gasteiger partial charge < -0.3 is 34.9 Å². The van der Waals surface area contributed by atoms with Crippen molar-refractivity contribution < 1.29 is 77.3 Å². The van der Waals surface area contributed by atoms with Crippen LogP contribution in [0.25, 0.3) is 6.15 Å². The van der Waals surface area contributed by atoms with E-state index in [1.807, 2.05) is 0 Å². The van der Waals surface area contributed by atoms with Crippen molar-refractivity contribution in [3.05, 3.63) is 6.15 Å². The minimum Gasteiger partial charge on any atom is -0.693 e. The van der Waals surface area contributed by atoms with Gasteiger partial charge in [-0.25, -0.2) is 9.59 Å². The molecule has 15 heteroatoms. The third-order valence-electron chi connectivity index (χ3n) is 6.50. The topological polar surface area (TPSA) is 191 Å². The SMILES string of the molecule is CC(C)(C)OC(=O)N1CC2(CCC(=O)NC2=O)C1.COC(=O)CCC1(C(=O)OC)CN(C(=O)OC(C)(C)C)C1.[NH2-].[Na+]. The first kappa shape index (κ1) is 38.6. The van der Waals surface area contributed by atoms with Crippen molar-refractivity contribution in [3.63, 3.8) is 0 Å². The Morgan fingerprint density at radius 2 is 1.29 bits per heavy atom. The molecule has 3 saturated heterocycles. The quantitative estimate of drug-likeness (QED) is 0.196. The van der Waals surface area contributed by atoms with E-state index in [0.717, 1.165) is 0 Å². The van der Waals surface area contributed by atoms with Gasteiger partial charge in [-0.2, -0.15) is 0 Å². The van der Waals surface area contributed by atoms with Crippen molar-refractivity contribution in [2.75, 3.05) is 40.4 Å². The third kappa shape index (κ3) is 10.4. The van der Waals surface area contributed by atoms with Crippen LogP contribution in [0.1, 0.15) is 67.2 Å². The number of likely N-dealkylation sites (tertiary alicyclic amines) is 2. The number of nitrogens with zero attached hydrogens (tertiary/aromatic N) is 2. The summed E-state index contributed by atoms with van der Waals surface area (Å²) in [5.74, 6) is -1.32. The molecule has 0 aromatic heterocycles. The molecule has 0 bridgehead atoms. The molecular formula is C26H43N4NaO10. The molecule has 3 heterocycles. The molecule has 0 atom stereocenters. The summed E-state index contributed by atoms with van der Waals surface area (Å²) in [6.07, 6.45) is 0.363. The first-order valence-corrected chi connectivity index (χ1v) is 12.8. The van der Waals surface area contributed by atoms with Crippen LogP contribution in [0.2, 0.25) is 0 Å². The maximum atomic E-state index is 11.9. The van der Waals surface area contributed by atoms with Gasteiger partial charge in [0.15, 0.2) is 0 Å². The number of nitrogens with one attached hydrogen (secondary N) is 1. The number of piperidine rings is 1. The second-order valence-electron chi connectivity index (χ2n) is 12.2. The molecule has 0 unspecified atom stereocenters. The van der Waals surface area contributed by atoms with Gasteiger partial charge in [0.1, 0.15) is 16.6 Å². The molecule has 14 nitrogen and oxygen atoms in total. The number of hydrogen-bond donors (Lipinski definition) is 1. The number of esters is 2. The molecule has 0 aliphatic carbocycles. The van der Waals surface area contributed by atoms with Gasteiger partial charge in [0, 0.05) is 39.0 Å². The Morgan fingerprint density at radius 3 is 1.68 bits per heavy atom. The predicted octanol–water partition coefficient (Wildman–Crippen LogP) is -0.269. The van der Waals surface area contributed by atoms with Gasteiger partial charge in [0.25, 0.3) is 0 Å². The van der Waals surface area contributed by atoms with E-state index in [4.69, 9.17) is 14.2 Å². The maximum Gasteiger partial charge on any atom is 1.00 e. The molecule has 0 saturated carbocycles. The van der Waals surface area contributed by atoms with Crippen molar-refractivity contribution in [1.29, 1.82) is 0 Å². The summed E-state index contributed by atoms with van der Waals surface area (Å²) < 4.78 is 19.8. The van der Waals surface area contributed by atoms with Crippen molar-refractivity contribution >= 4 is 35.9 Å². The third-order valence-corrected chi connectivity index (χ3v) is 6.50. The molecule has 0 aromatic rings. The van der Waals surface area contributed by atoms with Crippen LogP contribution < -0.4 is 34.9 Å². The van der Waals surface area contributed by atoms with E-state index in [1.54, 1.807) is 41.5 Å². The number of imide groups is 1. The van der Waals surface area contributed by atoms with Crippen molar-refractivity contribution in [2.45, 2.75) is 78.4 Å². The average Bonchev–Trinajstić information content (AvgIpc) is 2.74. The minimum absolute atomic E-state index is 0. The molecule has 0 aromatic carbocycles. The fourth-order valence-corrected chi connectivity index (χ4v) is 4.42. The van der Waals surface area contributed by atoms with Crippen molar-refractivity contribution in [3.8, 4) is 0 Å². The molecule has 3 aliphatic heterocycles. The second kappa shape index (κ2) is 14.7. The molecule has 3 N–H and O–H groups in total. The van der Waals surface area contributed by atoms with Crippen LogP contribution in [0.5, 0.6) is 0 Å². The molecule has 3 aliphatic rings. The Hall–Kier alpha value is -2.42. The molecule has 3 fully saturated rings. The number of amides is 4. The average molecular weight is 595 g/mol. The molecule has 1 spiro atoms.